The van der Waals surface area contributed by atoms with Gasteiger partial charge in [0.25, 0.3) is 15.9 Å². The first-order valence-electron chi connectivity index (χ1n) is 7.71. The van der Waals surface area contributed by atoms with E-state index in [1.807, 2.05) is 0 Å². The molecule has 0 radical (unpaired) electrons. The number of carbonyl (C=O) groups excluding carboxylic acids is 1. The predicted molar refractivity (Wildman–Crippen MR) is 102 cm³/mol. The number of aromatic nitrogens is 3. The summed E-state index contributed by atoms with van der Waals surface area (Å²) in [6, 6.07) is 5.36. The van der Waals surface area contributed by atoms with Gasteiger partial charge in [-0.05, 0) is 31.2 Å². The number of rotatable bonds is 6. The molecular formula is C15H14N6O5S2. The highest BCUT2D eigenvalue weighted by Gasteiger charge is 2.29. The minimum atomic E-state index is -3.82. The topological polar surface area (TPSA) is 149 Å². The average molecular weight is 422 g/mol. The van der Waals surface area contributed by atoms with Gasteiger partial charge in [0.05, 0.1) is 9.82 Å². The molecule has 0 atom stereocenters. The van der Waals surface area contributed by atoms with Crippen molar-refractivity contribution in [1.29, 1.82) is 0 Å². The van der Waals surface area contributed by atoms with Crippen molar-refractivity contribution < 1.29 is 18.1 Å². The van der Waals surface area contributed by atoms with E-state index in [2.05, 4.69) is 20.1 Å². The molecule has 2 aromatic heterocycles. The van der Waals surface area contributed by atoms with Gasteiger partial charge in [-0.25, -0.2) is 13.4 Å². The van der Waals surface area contributed by atoms with Crippen LogP contribution in [0.3, 0.4) is 0 Å². The number of amides is 1. The fourth-order valence-electron chi connectivity index (χ4n) is 2.48. The van der Waals surface area contributed by atoms with Gasteiger partial charge in [-0.2, -0.15) is 5.10 Å². The zero-order valence-corrected chi connectivity index (χ0v) is 16.2. The minimum Gasteiger partial charge on any atom is -0.320 e. The highest BCUT2D eigenvalue weighted by atomic mass is 32.2. The third-order valence-corrected chi connectivity index (χ3v) is 5.84. The number of nitrogens with zero attached hydrogens (tertiary/aromatic N) is 4. The quantitative estimate of drug-likeness (QED) is 0.456. The van der Waals surface area contributed by atoms with Gasteiger partial charge in [0, 0.05) is 24.3 Å². The summed E-state index contributed by atoms with van der Waals surface area (Å²) >= 11 is 1.14. The molecular weight excluding hydrogens is 408 g/mol. The third kappa shape index (κ3) is 3.84. The number of hydrogen-bond acceptors (Lipinski definition) is 8. The van der Waals surface area contributed by atoms with E-state index in [9.17, 15) is 23.3 Å². The standard InChI is InChI=1S/C15H14N6O5S2/c1-9-12(21(23)24)13(20(2)18-9)14(22)17-10-3-5-11(6-4-10)28(25,26)19-15-16-7-8-27-15/h3-8H,1-2H3,(H,16,19)(H,17,22). The van der Waals surface area contributed by atoms with E-state index in [-0.39, 0.29) is 32.8 Å². The number of nitrogens with one attached hydrogen (secondary N) is 2. The summed E-state index contributed by atoms with van der Waals surface area (Å²) in [4.78, 5) is 26.8. The summed E-state index contributed by atoms with van der Waals surface area (Å²) in [6.45, 7) is 1.43. The monoisotopic (exact) mass is 422 g/mol. The van der Waals surface area contributed by atoms with Crippen molar-refractivity contribution in [3.63, 3.8) is 0 Å². The number of benzene rings is 1. The van der Waals surface area contributed by atoms with Crippen LogP contribution >= 0.6 is 11.3 Å². The van der Waals surface area contributed by atoms with E-state index >= 15 is 0 Å². The molecule has 1 aromatic carbocycles. The van der Waals surface area contributed by atoms with E-state index in [0.29, 0.717) is 0 Å². The Bertz CT molecular complexity index is 1140. The van der Waals surface area contributed by atoms with Gasteiger partial charge in [-0.3, -0.25) is 24.3 Å². The predicted octanol–water partition coefficient (Wildman–Crippen LogP) is 2.15. The van der Waals surface area contributed by atoms with Gasteiger partial charge >= 0.3 is 5.69 Å². The largest absolute Gasteiger partial charge is 0.322 e. The molecule has 1 amide bonds. The Kier molecular flexibility index (Phi) is 5.11. The maximum Gasteiger partial charge on any atom is 0.322 e. The number of aryl methyl sites for hydroxylation is 2. The van der Waals surface area contributed by atoms with E-state index in [4.69, 9.17) is 0 Å². The molecule has 0 fully saturated rings. The van der Waals surface area contributed by atoms with Crippen molar-refractivity contribution in [2.24, 2.45) is 7.05 Å². The SMILES string of the molecule is Cc1nn(C)c(C(=O)Nc2ccc(S(=O)(=O)Nc3nccs3)cc2)c1[N+](=O)[O-]. The molecule has 0 aliphatic rings. The maximum atomic E-state index is 12.5. The lowest BCUT2D eigenvalue weighted by Crippen LogP contribution is -2.18. The van der Waals surface area contributed by atoms with Crippen LogP contribution in [-0.2, 0) is 17.1 Å². The highest BCUT2D eigenvalue weighted by molar-refractivity contribution is 7.93. The number of anilines is 2. The fourth-order valence-corrected chi connectivity index (χ4v) is 4.26. The molecule has 146 valence electrons. The van der Waals surface area contributed by atoms with Crippen molar-refractivity contribution in [1.82, 2.24) is 14.8 Å². The van der Waals surface area contributed by atoms with Gasteiger partial charge < -0.3 is 5.32 Å². The van der Waals surface area contributed by atoms with E-state index < -0.39 is 20.9 Å². The van der Waals surface area contributed by atoms with Crippen molar-refractivity contribution in [2.75, 3.05) is 10.0 Å². The lowest BCUT2D eigenvalue weighted by atomic mass is 10.2. The Morgan fingerprint density at radius 2 is 1.96 bits per heavy atom. The van der Waals surface area contributed by atoms with Crippen LogP contribution in [0.5, 0.6) is 0 Å². The van der Waals surface area contributed by atoms with Crippen molar-refractivity contribution in [3.05, 3.63) is 57.3 Å². The lowest BCUT2D eigenvalue weighted by Gasteiger charge is -2.08. The van der Waals surface area contributed by atoms with Gasteiger partial charge in [-0.15, -0.1) is 11.3 Å². The summed E-state index contributed by atoms with van der Waals surface area (Å²) in [6.07, 6.45) is 1.47. The smallest absolute Gasteiger partial charge is 0.320 e. The van der Waals surface area contributed by atoms with Crippen LogP contribution in [0.1, 0.15) is 16.2 Å². The molecule has 13 heteroatoms. The summed E-state index contributed by atoms with van der Waals surface area (Å²) in [5.74, 6) is -0.730. The second kappa shape index (κ2) is 7.36. The van der Waals surface area contributed by atoms with Crippen molar-refractivity contribution in [3.8, 4) is 0 Å². The first-order valence-corrected chi connectivity index (χ1v) is 10.1. The molecule has 3 aromatic rings. The average Bonchev–Trinajstić information content (AvgIpc) is 3.21. The molecule has 3 rings (SSSR count). The van der Waals surface area contributed by atoms with Gasteiger partial charge in [0.15, 0.2) is 5.13 Å². The summed E-state index contributed by atoms with van der Waals surface area (Å²) < 4.78 is 28.1. The molecule has 28 heavy (non-hydrogen) atoms. The van der Waals surface area contributed by atoms with E-state index in [0.717, 1.165) is 16.0 Å². The Labute approximate surface area is 163 Å². The van der Waals surface area contributed by atoms with E-state index in [1.54, 1.807) is 5.38 Å². The van der Waals surface area contributed by atoms with Crippen molar-refractivity contribution in [2.45, 2.75) is 11.8 Å². The van der Waals surface area contributed by atoms with Crippen molar-refractivity contribution >= 4 is 43.8 Å². The number of carbonyl (C=O) groups is 1. The molecule has 0 saturated heterocycles. The normalized spacial score (nSPS) is 11.2. The molecule has 0 aliphatic heterocycles. The maximum absolute atomic E-state index is 12.5. The minimum absolute atomic E-state index is 0.0249. The summed E-state index contributed by atoms with van der Waals surface area (Å²) in [7, 11) is -2.39. The Morgan fingerprint density at radius 1 is 1.29 bits per heavy atom. The molecule has 11 nitrogen and oxygen atoms in total. The van der Waals surface area contributed by atoms with Crippen LogP contribution in [0.4, 0.5) is 16.5 Å². The Morgan fingerprint density at radius 3 is 2.54 bits per heavy atom. The van der Waals surface area contributed by atoms with E-state index in [1.165, 1.54) is 44.4 Å². The van der Waals surface area contributed by atoms with Crippen LogP contribution in [0.2, 0.25) is 0 Å². The van der Waals surface area contributed by atoms with Crippen LogP contribution < -0.4 is 10.0 Å². The zero-order chi connectivity index (χ0) is 20.5. The Hall–Kier alpha value is -3.32. The lowest BCUT2D eigenvalue weighted by molar-refractivity contribution is -0.385. The third-order valence-electron chi connectivity index (χ3n) is 3.66. The molecule has 2 N–H and O–H groups in total. The van der Waals surface area contributed by atoms with Crippen LogP contribution in [0.15, 0.2) is 40.7 Å². The Balaban J connectivity index is 1.80. The molecule has 0 spiro atoms. The van der Waals surface area contributed by atoms with Crippen LogP contribution in [-0.4, -0.2) is 34.0 Å². The zero-order valence-electron chi connectivity index (χ0n) is 14.6. The van der Waals surface area contributed by atoms with Crippen LogP contribution in [0, 0.1) is 17.0 Å². The van der Waals surface area contributed by atoms with Gasteiger partial charge in [0.2, 0.25) is 5.69 Å². The summed E-state index contributed by atoms with van der Waals surface area (Å²) in [5, 5.41) is 19.5. The highest BCUT2D eigenvalue weighted by Crippen LogP contribution is 2.24. The van der Waals surface area contributed by atoms with Gasteiger partial charge in [-0.1, -0.05) is 0 Å². The molecule has 0 aliphatic carbocycles. The number of sulfonamides is 1. The molecule has 0 unspecified atom stereocenters. The fraction of sp³-hybridized carbons (Fsp3) is 0.133. The molecule has 0 saturated carbocycles. The first-order chi connectivity index (χ1) is 13.2. The number of thiazole rings is 1. The first kappa shape index (κ1) is 19.4. The second-order valence-corrected chi connectivity index (χ2v) is 8.16. The number of hydrogen-bond donors (Lipinski definition) is 2. The molecule has 2 heterocycles. The second-order valence-electron chi connectivity index (χ2n) is 5.58. The summed E-state index contributed by atoms with van der Waals surface area (Å²) in [5.41, 5.74) is -0.199. The van der Waals surface area contributed by atoms with Crippen LogP contribution in [0.25, 0.3) is 0 Å². The number of nitro groups is 1. The molecule has 0 bridgehead atoms. The van der Waals surface area contributed by atoms with Gasteiger partial charge in [0.1, 0.15) is 5.69 Å².